The first-order valence-electron chi connectivity index (χ1n) is 7.97. The normalized spacial score (nSPS) is 13.9. The third kappa shape index (κ3) is 3.79. The molecule has 126 valence electrons. The second-order valence-electron chi connectivity index (χ2n) is 5.72. The molecule has 0 aromatic heterocycles. The smallest absolute Gasteiger partial charge is 0.224 e. The first-order valence-corrected chi connectivity index (χ1v) is 7.97. The van der Waals surface area contributed by atoms with Crippen LogP contribution >= 0.6 is 0 Å². The van der Waals surface area contributed by atoms with Gasteiger partial charge < -0.3 is 19.5 Å². The second-order valence-corrected chi connectivity index (χ2v) is 5.72. The van der Waals surface area contributed by atoms with Crippen LogP contribution in [0.4, 0.5) is 0 Å². The zero-order chi connectivity index (χ0) is 16.9. The van der Waals surface area contributed by atoms with E-state index in [-0.39, 0.29) is 11.9 Å². The van der Waals surface area contributed by atoms with Crippen molar-refractivity contribution in [3.05, 3.63) is 53.6 Å². The third-order valence-corrected chi connectivity index (χ3v) is 3.97. The van der Waals surface area contributed by atoms with E-state index in [0.717, 1.165) is 28.4 Å². The lowest BCUT2D eigenvalue weighted by atomic mass is 10.1. The lowest BCUT2D eigenvalue weighted by molar-refractivity contribution is -0.121. The van der Waals surface area contributed by atoms with E-state index in [4.69, 9.17) is 14.2 Å². The molecule has 24 heavy (non-hydrogen) atoms. The zero-order valence-electron chi connectivity index (χ0n) is 13.9. The van der Waals surface area contributed by atoms with Crippen molar-refractivity contribution in [2.45, 2.75) is 19.4 Å². The summed E-state index contributed by atoms with van der Waals surface area (Å²) in [5, 5.41) is 3.01. The minimum absolute atomic E-state index is 0.0254. The molecular weight excluding hydrogens is 306 g/mol. The van der Waals surface area contributed by atoms with Crippen LogP contribution in [-0.2, 0) is 11.2 Å². The minimum atomic E-state index is -0.105. The van der Waals surface area contributed by atoms with Crippen LogP contribution in [0.25, 0.3) is 0 Å². The maximum absolute atomic E-state index is 12.2. The Hall–Kier alpha value is -2.69. The number of methoxy groups -OCH3 is 1. The van der Waals surface area contributed by atoms with Crippen molar-refractivity contribution in [3.8, 4) is 17.2 Å². The SMILES string of the molecule is COc1ccc(CC(=O)N[C@H](C)c2ccc3c(c2)OCCO3)cc1. The van der Waals surface area contributed by atoms with Crippen molar-refractivity contribution in [1.82, 2.24) is 5.32 Å². The molecule has 2 aromatic carbocycles. The summed E-state index contributed by atoms with van der Waals surface area (Å²) >= 11 is 0. The molecule has 0 unspecified atom stereocenters. The molecule has 0 fully saturated rings. The van der Waals surface area contributed by atoms with Crippen LogP contribution < -0.4 is 19.5 Å². The van der Waals surface area contributed by atoms with Crippen molar-refractivity contribution in [3.63, 3.8) is 0 Å². The topological polar surface area (TPSA) is 56.8 Å². The van der Waals surface area contributed by atoms with E-state index in [9.17, 15) is 4.79 Å². The molecule has 0 aliphatic carbocycles. The zero-order valence-corrected chi connectivity index (χ0v) is 13.9. The van der Waals surface area contributed by atoms with Gasteiger partial charge in [0.15, 0.2) is 11.5 Å². The van der Waals surface area contributed by atoms with E-state index in [0.29, 0.717) is 19.6 Å². The average Bonchev–Trinajstić information content (AvgIpc) is 2.61. The summed E-state index contributed by atoms with van der Waals surface area (Å²) in [7, 11) is 1.62. The van der Waals surface area contributed by atoms with Gasteiger partial charge in [-0.1, -0.05) is 18.2 Å². The van der Waals surface area contributed by atoms with E-state index in [1.807, 2.05) is 49.4 Å². The van der Waals surface area contributed by atoms with Gasteiger partial charge in [-0.2, -0.15) is 0 Å². The molecule has 1 heterocycles. The van der Waals surface area contributed by atoms with Gasteiger partial charge in [0.05, 0.1) is 19.6 Å². The monoisotopic (exact) mass is 327 g/mol. The van der Waals surface area contributed by atoms with E-state index in [2.05, 4.69) is 5.32 Å². The van der Waals surface area contributed by atoms with Gasteiger partial charge in [0.2, 0.25) is 5.91 Å². The van der Waals surface area contributed by atoms with Crippen molar-refractivity contribution >= 4 is 5.91 Å². The van der Waals surface area contributed by atoms with Crippen molar-refractivity contribution in [2.24, 2.45) is 0 Å². The Bertz CT molecular complexity index is 712. The van der Waals surface area contributed by atoms with E-state index < -0.39 is 0 Å². The maximum atomic E-state index is 12.2. The minimum Gasteiger partial charge on any atom is -0.497 e. The van der Waals surface area contributed by atoms with Crippen LogP contribution in [0.5, 0.6) is 17.2 Å². The van der Waals surface area contributed by atoms with Crippen molar-refractivity contribution in [2.75, 3.05) is 20.3 Å². The van der Waals surface area contributed by atoms with Gasteiger partial charge in [-0.05, 0) is 42.3 Å². The maximum Gasteiger partial charge on any atom is 0.224 e. The van der Waals surface area contributed by atoms with E-state index in [1.165, 1.54) is 0 Å². The Morgan fingerprint density at radius 3 is 2.54 bits per heavy atom. The molecular formula is C19H21NO4. The summed E-state index contributed by atoms with van der Waals surface area (Å²) in [5.74, 6) is 2.24. The molecule has 0 radical (unpaired) electrons. The van der Waals surface area contributed by atoms with Gasteiger partial charge in [-0.25, -0.2) is 0 Å². The van der Waals surface area contributed by atoms with E-state index >= 15 is 0 Å². The summed E-state index contributed by atoms with van der Waals surface area (Å²) in [5.41, 5.74) is 1.94. The summed E-state index contributed by atoms with van der Waals surface area (Å²) in [6.07, 6.45) is 0.332. The summed E-state index contributed by atoms with van der Waals surface area (Å²) in [6, 6.07) is 13.2. The number of hydrogen-bond acceptors (Lipinski definition) is 4. The van der Waals surface area contributed by atoms with Crippen LogP contribution in [0.3, 0.4) is 0 Å². The highest BCUT2D eigenvalue weighted by Crippen LogP contribution is 2.32. The number of benzene rings is 2. The molecule has 5 heteroatoms. The van der Waals surface area contributed by atoms with Gasteiger partial charge in [-0.3, -0.25) is 4.79 Å². The highest BCUT2D eigenvalue weighted by Gasteiger charge is 2.16. The molecule has 1 aliphatic heterocycles. The number of hydrogen-bond donors (Lipinski definition) is 1. The lowest BCUT2D eigenvalue weighted by Crippen LogP contribution is -2.28. The largest absolute Gasteiger partial charge is 0.497 e. The highest BCUT2D eigenvalue weighted by atomic mass is 16.6. The quantitative estimate of drug-likeness (QED) is 0.917. The molecule has 0 spiro atoms. The number of nitrogens with one attached hydrogen (secondary N) is 1. The van der Waals surface area contributed by atoms with Crippen molar-refractivity contribution in [1.29, 1.82) is 0 Å². The molecule has 1 amide bonds. The van der Waals surface area contributed by atoms with Gasteiger partial charge in [0, 0.05) is 0 Å². The Morgan fingerprint density at radius 2 is 1.83 bits per heavy atom. The fourth-order valence-corrected chi connectivity index (χ4v) is 2.63. The average molecular weight is 327 g/mol. The Labute approximate surface area is 141 Å². The second kappa shape index (κ2) is 7.25. The molecule has 0 saturated heterocycles. The highest BCUT2D eigenvalue weighted by molar-refractivity contribution is 5.79. The standard InChI is InChI=1S/C19H21NO4/c1-13(15-5-8-17-18(12-15)24-10-9-23-17)20-19(21)11-14-3-6-16(22-2)7-4-14/h3-8,12-13H,9-11H2,1-2H3,(H,20,21)/t13-/m1/s1. The van der Waals surface area contributed by atoms with Gasteiger partial charge in [0.1, 0.15) is 19.0 Å². The fraction of sp³-hybridized carbons (Fsp3) is 0.316. The van der Waals surface area contributed by atoms with Crippen molar-refractivity contribution < 1.29 is 19.0 Å². The third-order valence-electron chi connectivity index (χ3n) is 3.97. The predicted molar refractivity (Wildman–Crippen MR) is 90.7 cm³/mol. The van der Waals surface area contributed by atoms with Gasteiger partial charge in [0.25, 0.3) is 0 Å². The Kier molecular flexibility index (Phi) is 4.89. The molecule has 1 N–H and O–H groups in total. The molecule has 1 atom stereocenters. The first-order chi connectivity index (χ1) is 11.7. The number of fused-ring (bicyclic) bond motifs is 1. The van der Waals surface area contributed by atoms with Gasteiger partial charge in [-0.15, -0.1) is 0 Å². The van der Waals surface area contributed by atoms with Crippen LogP contribution in [0.1, 0.15) is 24.1 Å². The summed E-state index contributed by atoms with van der Waals surface area (Å²) in [4.78, 5) is 12.2. The molecule has 3 rings (SSSR count). The molecule has 0 saturated carbocycles. The predicted octanol–water partition coefficient (Wildman–Crippen LogP) is 2.89. The Morgan fingerprint density at radius 1 is 1.12 bits per heavy atom. The summed E-state index contributed by atoms with van der Waals surface area (Å²) < 4.78 is 16.2. The first kappa shape index (κ1) is 16.2. The molecule has 0 bridgehead atoms. The number of carbonyl (C=O) groups excluding carboxylic acids is 1. The molecule has 1 aliphatic rings. The number of ether oxygens (including phenoxy) is 3. The van der Waals surface area contributed by atoms with Crippen LogP contribution in [0.2, 0.25) is 0 Å². The number of amides is 1. The number of rotatable bonds is 5. The number of carbonyl (C=O) groups is 1. The lowest BCUT2D eigenvalue weighted by Gasteiger charge is -2.21. The Balaban J connectivity index is 1.61. The van der Waals surface area contributed by atoms with Gasteiger partial charge >= 0.3 is 0 Å². The van der Waals surface area contributed by atoms with E-state index in [1.54, 1.807) is 7.11 Å². The molecule has 5 nitrogen and oxygen atoms in total. The van der Waals surface area contributed by atoms with Crippen LogP contribution in [0.15, 0.2) is 42.5 Å². The van der Waals surface area contributed by atoms with Crippen LogP contribution in [0, 0.1) is 0 Å². The van der Waals surface area contributed by atoms with Crippen LogP contribution in [-0.4, -0.2) is 26.2 Å². The molecule has 2 aromatic rings. The summed E-state index contributed by atoms with van der Waals surface area (Å²) in [6.45, 7) is 3.08. The fourth-order valence-electron chi connectivity index (χ4n) is 2.63.